The minimum absolute atomic E-state index is 0.0354. The van der Waals surface area contributed by atoms with E-state index in [4.69, 9.17) is 5.73 Å². The topological polar surface area (TPSA) is 93.2 Å². The lowest BCUT2D eigenvalue weighted by Gasteiger charge is -2.32. The summed E-state index contributed by atoms with van der Waals surface area (Å²) in [6.07, 6.45) is 8.11. The summed E-state index contributed by atoms with van der Waals surface area (Å²) in [6, 6.07) is -0.669. The molecule has 122 valence electrons. The molecule has 0 aromatic carbocycles. The minimum Gasteiger partial charge on any atom is -0.352 e. The molecule has 3 amide bonds. The van der Waals surface area contributed by atoms with E-state index in [1.807, 2.05) is 12.4 Å². The number of hydrogen-bond donors (Lipinski definition) is 2. The van der Waals surface area contributed by atoms with E-state index in [2.05, 4.69) is 21.8 Å². The largest absolute Gasteiger partial charge is 0.352 e. The molecule has 1 aliphatic heterocycles. The fourth-order valence-corrected chi connectivity index (χ4v) is 2.89. The van der Waals surface area contributed by atoms with Gasteiger partial charge in [0.15, 0.2) is 0 Å². The van der Waals surface area contributed by atoms with Crippen LogP contribution in [0.1, 0.15) is 44.3 Å². The molecule has 22 heavy (non-hydrogen) atoms. The van der Waals surface area contributed by atoms with Gasteiger partial charge in [0.05, 0.1) is 6.54 Å². The molecule has 1 saturated heterocycles. The van der Waals surface area contributed by atoms with Gasteiger partial charge in [-0.3, -0.25) is 4.79 Å². The Morgan fingerprint density at radius 3 is 3.05 bits per heavy atom. The summed E-state index contributed by atoms with van der Waals surface area (Å²) >= 11 is 0. The van der Waals surface area contributed by atoms with Crippen LogP contribution in [-0.4, -0.2) is 46.0 Å². The van der Waals surface area contributed by atoms with E-state index in [1.165, 1.54) is 0 Å². The van der Waals surface area contributed by atoms with Gasteiger partial charge in [0.25, 0.3) is 0 Å². The third-order valence-corrected chi connectivity index (χ3v) is 4.05. The Kier molecular flexibility index (Phi) is 5.80. The number of primary amides is 1. The molecule has 1 aliphatic rings. The molecule has 3 N–H and O–H groups in total. The third-order valence-electron chi connectivity index (χ3n) is 4.05. The number of urea groups is 1. The van der Waals surface area contributed by atoms with Gasteiger partial charge < -0.3 is 20.5 Å². The van der Waals surface area contributed by atoms with E-state index in [0.717, 1.165) is 44.6 Å². The summed E-state index contributed by atoms with van der Waals surface area (Å²) in [7, 11) is 0. The fraction of sp³-hybridized carbons (Fsp3) is 0.667. The highest BCUT2D eigenvalue weighted by Crippen LogP contribution is 2.26. The third kappa shape index (κ3) is 4.22. The van der Waals surface area contributed by atoms with Crippen molar-refractivity contribution in [1.82, 2.24) is 19.8 Å². The molecule has 7 heteroatoms. The summed E-state index contributed by atoms with van der Waals surface area (Å²) in [5.41, 5.74) is 5.01. The number of aryl methyl sites for hydroxylation is 1. The van der Waals surface area contributed by atoms with Gasteiger partial charge in [0.1, 0.15) is 5.82 Å². The molecule has 0 radical (unpaired) electrons. The van der Waals surface area contributed by atoms with E-state index < -0.39 is 6.03 Å². The smallest absolute Gasteiger partial charge is 0.312 e. The Morgan fingerprint density at radius 1 is 1.50 bits per heavy atom. The predicted molar refractivity (Wildman–Crippen MR) is 83.3 cm³/mol. The number of nitrogens with one attached hydrogen (secondary N) is 1. The van der Waals surface area contributed by atoms with Crippen molar-refractivity contribution in [1.29, 1.82) is 0 Å². The molecule has 1 unspecified atom stereocenters. The Bertz CT molecular complexity index is 514. The number of imidazole rings is 1. The first-order valence-corrected chi connectivity index (χ1v) is 7.94. The number of nitrogens with two attached hydrogens (primary N) is 1. The molecular formula is C15H25N5O2. The zero-order chi connectivity index (χ0) is 15.9. The lowest BCUT2D eigenvalue weighted by atomic mass is 9.97. The Hall–Kier alpha value is -2.05. The number of amides is 3. The highest BCUT2D eigenvalue weighted by Gasteiger charge is 2.27. The van der Waals surface area contributed by atoms with Crippen LogP contribution in [0.4, 0.5) is 4.79 Å². The van der Waals surface area contributed by atoms with E-state index in [9.17, 15) is 9.59 Å². The van der Waals surface area contributed by atoms with Gasteiger partial charge >= 0.3 is 6.03 Å². The van der Waals surface area contributed by atoms with Crippen LogP contribution < -0.4 is 11.1 Å². The number of carbonyl (C=O) groups excluding carboxylic acids is 2. The number of nitrogens with zero attached hydrogens (tertiary/aromatic N) is 3. The maximum atomic E-state index is 12.1. The molecule has 1 atom stereocenters. The Labute approximate surface area is 130 Å². The average molecular weight is 307 g/mol. The van der Waals surface area contributed by atoms with Crippen molar-refractivity contribution < 1.29 is 9.59 Å². The van der Waals surface area contributed by atoms with Crippen molar-refractivity contribution in [3.8, 4) is 0 Å². The number of rotatable bonds is 6. The van der Waals surface area contributed by atoms with Gasteiger partial charge in [-0.15, -0.1) is 0 Å². The van der Waals surface area contributed by atoms with Gasteiger partial charge in [-0.25, -0.2) is 9.78 Å². The van der Waals surface area contributed by atoms with Gasteiger partial charge in [0.2, 0.25) is 5.91 Å². The molecule has 0 spiro atoms. The van der Waals surface area contributed by atoms with Crippen molar-refractivity contribution in [2.24, 2.45) is 5.73 Å². The van der Waals surface area contributed by atoms with Crippen LogP contribution in [0.15, 0.2) is 12.4 Å². The molecule has 0 aliphatic carbocycles. The summed E-state index contributed by atoms with van der Waals surface area (Å²) in [4.78, 5) is 29.1. The number of piperidine rings is 1. The summed E-state index contributed by atoms with van der Waals surface area (Å²) in [6.45, 7) is 4.49. The number of aromatic nitrogens is 2. The first-order chi connectivity index (χ1) is 10.6. The Morgan fingerprint density at radius 2 is 2.32 bits per heavy atom. The minimum atomic E-state index is -0.669. The van der Waals surface area contributed by atoms with E-state index in [1.54, 1.807) is 4.90 Å². The summed E-state index contributed by atoms with van der Waals surface area (Å²) in [5.74, 6) is 1.24. The van der Waals surface area contributed by atoms with Gasteiger partial charge in [-0.05, 0) is 19.3 Å². The van der Waals surface area contributed by atoms with Crippen LogP contribution in [0.25, 0.3) is 0 Å². The standard InChI is InChI=1S/C15H25N5O2/c1-2-3-7-19-9-6-17-14(19)12-5-4-8-20(11-12)13(21)10-18-15(16)22/h6,9,12H,2-5,7-8,10-11H2,1H3,(H3,16,18,22). The van der Waals surface area contributed by atoms with Crippen molar-refractivity contribution in [2.75, 3.05) is 19.6 Å². The first kappa shape index (κ1) is 16.3. The van der Waals surface area contributed by atoms with E-state index >= 15 is 0 Å². The first-order valence-electron chi connectivity index (χ1n) is 7.94. The number of unbranched alkanes of at least 4 members (excludes halogenated alkanes) is 1. The highest BCUT2D eigenvalue weighted by molar-refractivity contribution is 5.83. The fourth-order valence-electron chi connectivity index (χ4n) is 2.89. The van der Waals surface area contributed by atoms with Crippen LogP contribution in [-0.2, 0) is 11.3 Å². The molecule has 0 saturated carbocycles. The van der Waals surface area contributed by atoms with Gasteiger partial charge in [0, 0.05) is 37.9 Å². The zero-order valence-corrected chi connectivity index (χ0v) is 13.1. The molecule has 0 bridgehead atoms. The Balaban J connectivity index is 1.97. The summed E-state index contributed by atoms with van der Waals surface area (Å²) < 4.78 is 2.20. The molecule has 2 heterocycles. The van der Waals surface area contributed by atoms with Crippen LogP contribution in [0.3, 0.4) is 0 Å². The number of likely N-dealkylation sites (tertiary alicyclic amines) is 1. The van der Waals surface area contributed by atoms with Crippen LogP contribution >= 0.6 is 0 Å². The second kappa shape index (κ2) is 7.82. The molecule has 1 aromatic rings. The van der Waals surface area contributed by atoms with Crippen molar-refractivity contribution >= 4 is 11.9 Å². The van der Waals surface area contributed by atoms with Gasteiger partial charge in [-0.2, -0.15) is 0 Å². The van der Waals surface area contributed by atoms with E-state index in [0.29, 0.717) is 6.54 Å². The molecular weight excluding hydrogens is 282 g/mol. The monoisotopic (exact) mass is 307 g/mol. The van der Waals surface area contributed by atoms with Crippen molar-refractivity contribution in [3.63, 3.8) is 0 Å². The van der Waals surface area contributed by atoms with Crippen LogP contribution in [0.2, 0.25) is 0 Å². The second-order valence-electron chi connectivity index (χ2n) is 5.73. The molecule has 7 nitrogen and oxygen atoms in total. The van der Waals surface area contributed by atoms with Crippen molar-refractivity contribution in [3.05, 3.63) is 18.2 Å². The lowest BCUT2D eigenvalue weighted by molar-refractivity contribution is -0.131. The predicted octanol–water partition coefficient (Wildman–Crippen LogP) is 1.06. The van der Waals surface area contributed by atoms with Gasteiger partial charge in [-0.1, -0.05) is 13.3 Å². The van der Waals surface area contributed by atoms with Crippen LogP contribution in [0.5, 0.6) is 0 Å². The van der Waals surface area contributed by atoms with Crippen molar-refractivity contribution in [2.45, 2.75) is 45.1 Å². The van der Waals surface area contributed by atoms with E-state index in [-0.39, 0.29) is 18.4 Å². The molecule has 2 rings (SSSR count). The maximum absolute atomic E-state index is 12.1. The highest BCUT2D eigenvalue weighted by atomic mass is 16.2. The number of hydrogen-bond acceptors (Lipinski definition) is 3. The molecule has 1 fully saturated rings. The summed E-state index contributed by atoms with van der Waals surface area (Å²) in [5, 5.41) is 2.36. The van der Waals surface area contributed by atoms with Crippen LogP contribution in [0, 0.1) is 0 Å². The maximum Gasteiger partial charge on any atom is 0.312 e. The lowest BCUT2D eigenvalue weighted by Crippen LogP contribution is -2.45. The average Bonchev–Trinajstić information content (AvgIpc) is 2.99. The zero-order valence-electron chi connectivity index (χ0n) is 13.1. The second-order valence-corrected chi connectivity index (χ2v) is 5.73. The molecule has 1 aromatic heterocycles. The number of carbonyl (C=O) groups is 2. The quantitative estimate of drug-likeness (QED) is 0.823. The SMILES string of the molecule is CCCCn1ccnc1C1CCCN(C(=O)CNC(N)=O)C1. The normalized spacial score (nSPS) is 18.2.